The predicted octanol–water partition coefficient (Wildman–Crippen LogP) is 4.01. The largest absolute Gasteiger partial charge is 0.206 e. The summed E-state index contributed by atoms with van der Waals surface area (Å²) in [5.74, 6) is -0.942. The number of benzene rings is 2. The van der Waals surface area contributed by atoms with E-state index >= 15 is 0 Å². The van der Waals surface area contributed by atoms with Crippen LogP contribution in [0, 0.1) is 29.9 Å². The van der Waals surface area contributed by atoms with Gasteiger partial charge in [-0.2, -0.15) is 5.26 Å². The van der Waals surface area contributed by atoms with Gasteiger partial charge in [-0.05, 0) is 36.2 Å². The van der Waals surface area contributed by atoms with Crippen molar-refractivity contribution < 1.29 is 8.78 Å². The Labute approximate surface area is 104 Å². The van der Waals surface area contributed by atoms with Crippen molar-refractivity contribution in [2.75, 3.05) is 0 Å². The molecule has 0 bridgehead atoms. The second-order valence-corrected chi connectivity index (χ2v) is 4.13. The minimum atomic E-state index is -0.487. The fourth-order valence-electron chi connectivity index (χ4n) is 1.82. The summed E-state index contributed by atoms with van der Waals surface area (Å²) in [4.78, 5) is 0. The molecule has 0 aliphatic rings. The number of nitriles is 1. The van der Waals surface area contributed by atoms with Crippen LogP contribution in [-0.4, -0.2) is 0 Å². The average Bonchev–Trinajstić information content (AvgIpc) is 2.33. The zero-order valence-corrected chi connectivity index (χ0v) is 9.87. The normalized spacial score (nSPS) is 10.1. The molecular formula is C15H11F2N. The third-order valence-electron chi connectivity index (χ3n) is 2.73. The topological polar surface area (TPSA) is 23.8 Å². The van der Waals surface area contributed by atoms with Gasteiger partial charge in [0.25, 0.3) is 0 Å². The first-order chi connectivity index (χ1) is 8.61. The van der Waals surface area contributed by atoms with Crippen LogP contribution in [0.2, 0.25) is 0 Å². The van der Waals surface area contributed by atoms with E-state index in [-0.39, 0.29) is 17.5 Å². The van der Waals surface area contributed by atoms with Crippen molar-refractivity contribution in [1.82, 2.24) is 0 Å². The second kappa shape index (κ2) is 4.97. The zero-order chi connectivity index (χ0) is 13.1. The average molecular weight is 243 g/mol. The quantitative estimate of drug-likeness (QED) is 0.781. The Morgan fingerprint density at radius 2 is 1.78 bits per heavy atom. The van der Waals surface area contributed by atoms with Crippen molar-refractivity contribution in [1.29, 1.82) is 5.26 Å². The molecule has 3 heteroatoms. The van der Waals surface area contributed by atoms with Crippen molar-refractivity contribution in [2.45, 2.75) is 13.3 Å². The lowest BCUT2D eigenvalue weighted by atomic mass is 10.00. The summed E-state index contributed by atoms with van der Waals surface area (Å²) in [6.45, 7) is 1.77. The lowest BCUT2D eigenvalue weighted by Crippen LogP contribution is -1.92. The Morgan fingerprint density at radius 3 is 2.44 bits per heavy atom. The maximum atomic E-state index is 13.8. The molecule has 0 unspecified atom stereocenters. The molecule has 0 radical (unpaired) electrons. The van der Waals surface area contributed by atoms with E-state index in [1.165, 1.54) is 24.3 Å². The van der Waals surface area contributed by atoms with Gasteiger partial charge >= 0.3 is 0 Å². The molecule has 0 saturated heterocycles. The maximum Gasteiger partial charge on any atom is 0.131 e. The van der Waals surface area contributed by atoms with E-state index < -0.39 is 11.6 Å². The smallest absolute Gasteiger partial charge is 0.131 e. The molecule has 2 rings (SSSR count). The van der Waals surface area contributed by atoms with Crippen LogP contribution in [0.15, 0.2) is 36.4 Å². The highest BCUT2D eigenvalue weighted by Crippen LogP contribution is 2.27. The Balaban J connectivity index is 2.56. The molecule has 2 aromatic rings. The molecular weight excluding hydrogens is 232 g/mol. The van der Waals surface area contributed by atoms with Gasteiger partial charge in [0.15, 0.2) is 0 Å². The monoisotopic (exact) mass is 243 g/mol. The van der Waals surface area contributed by atoms with Gasteiger partial charge in [0.2, 0.25) is 0 Å². The van der Waals surface area contributed by atoms with Gasteiger partial charge in [-0.1, -0.05) is 18.2 Å². The first-order valence-electron chi connectivity index (χ1n) is 5.53. The molecule has 2 aromatic carbocycles. The van der Waals surface area contributed by atoms with E-state index in [1.807, 2.05) is 6.07 Å². The highest BCUT2D eigenvalue weighted by atomic mass is 19.1. The van der Waals surface area contributed by atoms with E-state index in [4.69, 9.17) is 5.26 Å². The number of nitrogens with zero attached hydrogens (tertiary/aromatic N) is 1. The molecule has 0 atom stereocenters. The fourth-order valence-corrected chi connectivity index (χ4v) is 1.82. The third-order valence-corrected chi connectivity index (χ3v) is 2.73. The van der Waals surface area contributed by atoms with Crippen LogP contribution in [0.5, 0.6) is 0 Å². The van der Waals surface area contributed by atoms with Crippen molar-refractivity contribution in [3.63, 3.8) is 0 Å². The SMILES string of the molecule is Cc1ccc(-c2cc(CC#N)ccc2F)c(F)c1. The molecule has 0 amide bonds. The Hall–Kier alpha value is -2.21. The molecule has 0 aliphatic carbocycles. The molecule has 0 aliphatic heterocycles. The first kappa shape index (κ1) is 12.3. The lowest BCUT2D eigenvalue weighted by molar-refractivity contribution is 0.615. The third kappa shape index (κ3) is 2.38. The summed E-state index contributed by atoms with van der Waals surface area (Å²) in [6.07, 6.45) is 0.181. The van der Waals surface area contributed by atoms with Crippen molar-refractivity contribution in [2.24, 2.45) is 0 Å². The van der Waals surface area contributed by atoms with E-state index in [2.05, 4.69) is 0 Å². The van der Waals surface area contributed by atoms with E-state index in [9.17, 15) is 8.78 Å². The zero-order valence-electron chi connectivity index (χ0n) is 9.87. The Kier molecular flexibility index (Phi) is 3.38. The van der Waals surface area contributed by atoms with Gasteiger partial charge < -0.3 is 0 Å². The number of halogens is 2. The summed E-state index contributed by atoms with van der Waals surface area (Å²) >= 11 is 0. The highest BCUT2D eigenvalue weighted by Gasteiger charge is 2.11. The number of aryl methyl sites for hydroxylation is 1. The van der Waals surface area contributed by atoms with Crippen molar-refractivity contribution >= 4 is 0 Å². The Bertz CT molecular complexity index is 627. The minimum absolute atomic E-state index is 0.181. The molecule has 0 N–H and O–H groups in total. The van der Waals surface area contributed by atoms with Gasteiger partial charge in [-0.25, -0.2) is 8.78 Å². The van der Waals surface area contributed by atoms with Crippen molar-refractivity contribution in [3.8, 4) is 17.2 Å². The second-order valence-electron chi connectivity index (χ2n) is 4.13. The number of hydrogen-bond acceptors (Lipinski definition) is 1. The summed E-state index contributed by atoms with van der Waals surface area (Å²) in [5, 5.41) is 8.62. The van der Waals surface area contributed by atoms with Crippen LogP contribution in [0.25, 0.3) is 11.1 Å². The van der Waals surface area contributed by atoms with E-state index in [0.29, 0.717) is 5.56 Å². The molecule has 0 heterocycles. The lowest BCUT2D eigenvalue weighted by Gasteiger charge is -2.07. The number of hydrogen-bond donors (Lipinski definition) is 0. The minimum Gasteiger partial charge on any atom is -0.206 e. The molecule has 0 spiro atoms. The van der Waals surface area contributed by atoms with Crippen LogP contribution in [0.3, 0.4) is 0 Å². The van der Waals surface area contributed by atoms with Gasteiger partial charge in [0.1, 0.15) is 11.6 Å². The summed E-state index contributed by atoms with van der Waals surface area (Å²) < 4.78 is 27.5. The molecule has 1 nitrogen and oxygen atoms in total. The van der Waals surface area contributed by atoms with Gasteiger partial charge in [0, 0.05) is 11.1 Å². The standard InChI is InChI=1S/C15H11F2N/c1-10-2-4-12(15(17)8-10)13-9-11(6-7-18)3-5-14(13)16/h2-5,8-9H,6H2,1H3. The summed E-state index contributed by atoms with van der Waals surface area (Å²) in [7, 11) is 0. The highest BCUT2D eigenvalue weighted by molar-refractivity contribution is 5.66. The molecule has 90 valence electrons. The van der Waals surface area contributed by atoms with Crippen LogP contribution in [0.1, 0.15) is 11.1 Å². The number of rotatable bonds is 2. The van der Waals surface area contributed by atoms with Crippen molar-refractivity contribution in [3.05, 3.63) is 59.2 Å². The van der Waals surface area contributed by atoms with Crippen LogP contribution in [0.4, 0.5) is 8.78 Å². The van der Waals surface area contributed by atoms with E-state index in [1.54, 1.807) is 19.1 Å². The van der Waals surface area contributed by atoms with Crippen LogP contribution < -0.4 is 0 Å². The molecule has 18 heavy (non-hydrogen) atoms. The molecule has 0 saturated carbocycles. The van der Waals surface area contributed by atoms with Gasteiger partial charge in [-0.15, -0.1) is 0 Å². The van der Waals surface area contributed by atoms with Crippen LogP contribution >= 0.6 is 0 Å². The fraction of sp³-hybridized carbons (Fsp3) is 0.133. The molecule has 0 aromatic heterocycles. The summed E-state index contributed by atoms with van der Waals surface area (Å²) in [6, 6.07) is 11.0. The first-order valence-corrected chi connectivity index (χ1v) is 5.53. The predicted molar refractivity (Wildman–Crippen MR) is 65.8 cm³/mol. The Morgan fingerprint density at radius 1 is 1.00 bits per heavy atom. The molecule has 0 fully saturated rings. The maximum absolute atomic E-state index is 13.8. The van der Waals surface area contributed by atoms with Gasteiger partial charge in [0.05, 0.1) is 12.5 Å². The summed E-state index contributed by atoms with van der Waals surface area (Å²) in [5.41, 5.74) is 1.87. The van der Waals surface area contributed by atoms with Crippen LogP contribution in [-0.2, 0) is 6.42 Å². The van der Waals surface area contributed by atoms with Gasteiger partial charge in [-0.3, -0.25) is 0 Å². The van der Waals surface area contributed by atoms with E-state index in [0.717, 1.165) is 5.56 Å².